The van der Waals surface area contributed by atoms with Crippen LogP contribution >= 0.6 is 23.7 Å². The van der Waals surface area contributed by atoms with Crippen LogP contribution in [0, 0.1) is 12.5 Å². The Balaban J connectivity index is 0.959. The summed E-state index contributed by atoms with van der Waals surface area (Å²) in [4.78, 5) is 108. The van der Waals surface area contributed by atoms with Gasteiger partial charge in [-0.25, -0.2) is 11.8 Å². The summed E-state index contributed by atoms with van der Waals surface area (Å²) in [6, 6.07) is 17.0. The van der Waals surface area contributed by atoms with Gasteiger partial charge in [-0.05, 0) is 85.3 Å². The van der Waals surface area contributed by atoms with E-state index in [1.54, 1.807) is 12.1 Å². The predicted octanol–water partition coefficient (Wildman–Crippen LogP) is 0.193. The topological polar surface area (TPSA) is 409 Å². The summed E-state index contributed by atoms with van der Waals surface area (Å²) in [5, 5.41) is 113. The van der Waals surface area contributed by atoms with Crippen LogP contribution in [0.25, 0.3) is 26.0 Å². The first-order valence-corrected chi connectivity index (χ1v) is 31.1. The molecule has 4 fully saturated rings. The number of carbonyl (C=O) groups is 7. The second kappa shape index (κ2) is 30.8. The van der Waals surface area contributed by atoms with E-state index in [-0.39, 0.29) is 35.7 Å². The van der Waals surface area contributed by atoms with Crippen molar-refractivity contribution in [2.24, 2.45) is 5.92 Å². The van der Waals surface area contributed by atoms with E-state index < -0.39 is 165 Å². The van der Waals surface area contributed by atoms with Crippen molar-refractivity contribution in [2.75, 3.05) is 44.2 Å². The van der Waals surface area contributed by atoms with Crippen molar-refractivity contribution in [1.82, 2.24) is 46.6 Å². The van der Waals surface area contributed by atoms with E-state index in [1.807, 2.05) is 18.2 Å². The second-order valence-corrected chi connectivity index (χ2v) is 24.6. The van der Waals surface area contributed by atoms with Gasteiger partial charge in [0, 0.05) is 80.3 Å². The zero-order valence-corrected chi connectivity index (χ0v) is 51.4. The van der Waals surface area contributed by atoms with Crippen LogP contribution in [-0.2, 0) is 44.6 Å². The van der Waals surface area contributed by atoms with Gasteiger partial charge >= 0.3 is 0 Å². The lowest BCUT2D eigenvalue weighted by Crippen LogP contribution is -2.64. The molecule has 0 bridgehead atoms. The van der Waals surface area contributed by atoms with Crippen molar-refractivity contribution < 1.29 is 88.1 Å². The second-order valence-electron chi connectivity index (χ2n) is 23.1. The molecule has 4 saturated heterocycles. The van der Waals surface area contributed by atoms with Crippen LogP contribution in [0.15, 0.2) is 97.1 Å². The van der Waals surface area contributed by atoms with Crippen LogP contribution in [0.3, 0.4) is 0 Å². The molecule has 4 aliphatic rings. The van der Waals surface area contributed by atoms with Gasteiger partial charge in [0.05, 0.1) is 30.5 Å². The summed E-state index contributed by atoms with van der Waals surface area (Å²) in [6.45, 7) is 9.51. The molecule has 4 aromatic carbocycles. The number of piperidine rings is 1. The number of fused-ring (bicyclic) bond motifs is 2. The third-order valence-electron chi connectivity index (χ3n) is 16.7. The number of nitrogens with one attached hydrogen (secondary N) is 5. The fourth-order valence-electron chi connectivity index (χ4n) is 11.8. The number of carbonyl (C=O) groups excluding carboxylic acids is 7. The lowest BCUT2D eigenvalue weighted by atomic mass is 9.89. The van der Waals surface area contributed by atoms with Crippen molar-refractivity contribution >= 4 is 70.7 Å². The Bertz CT molecular complexity index is 3470. The quantitative estimate of drug-likeness (QED) is 0.0206. The number of aliphatic hydroxyl groups is 6. The van der Waals surface area contributed by atoms with Gasteiger partial charge in [0.15, 0.2) is 17.6 Å². The number of aromatic nitrogens is 2. The molecular weight excluding hydrogens is 1240 g/mol. The highest BCUT2D eigenvalue weighted by molar-refractivity contribution is 7.90. The van der Waals surface area contributed by atoms with E-state index in [0.29, 0.717) is 21.5 Å². The van der Waals surface area contributed by atoms with Crippen molar-refractivity contribution in [3.05, 3.63) is 125 Å². The van der Waals surface area contributed by atoms with E-state index >= 15 is 0 Å². The SMILES string of the molecule is [C-]#[N+]C[C@@H](O)[C@@H]1NC(=O)[C@H]([C@H](O)Cc2ccc(O)c(OSOOO)c2)NC(=O)[C@@H]2C[C@H](O)CN2C(=O)[C@H]([C@H](C)O)NC(=O)[C@@H](NC(=O)c2ccc(-c3nnc(-c4ccc(N5CCC(c6ccccc6)CC5)cc4)s3)cc2)C[C@H](O)CNC(=O)[C@@H]2[C@@H](O)[C@H](C)CN2C1=O. The molecule has 4 aliphatic heterocycles. The third kappa shape index (κ3) is 16.3. The van der Waals surface area contributed by atoms with E-state index in [2.05, 4.69) is 92.3 Å². The summed E-state index contributed by atoms with van der Waals surface area (Å²) in [5.74, 6) is -9.09. The number of phenolic OH excluding ortho intramolecular Hbond substituents is 1. The third-order valence-corrected chi connectivity index (χ3v) is 18.1. The zero-order chi connectivity index (χ0) is 65.9. The van der Waals surface area contributed by atoms with Crippen LogP contribution in [0.1, 0.15) is 66.9 Å². The number of aromatic hydroxyl groups is 1. The van der Waals surface area contributed by atoms with Gasteiger partial charge < -0.3 is 86.1 Å². The maximum absolute atomic E-state index is 14.7. The highest BCUT2D eigenvalue weighted by atomic mass is 32.2. The number of aliphatic hydroxyl groups excluding tert-OH is 6. The molecule has 92 heavy (non-hydrogen) atoms. The number of phenols is 1. The number of rotatable bonds is 16. The number of β-amino-alcohol motifs (C(OH)–C–C–N with tert-alkyl or cyclic N) is 1. The molecule has 0 unspecified atom stereocenters. The van der Waals surface area contributed by atoms with Gasteiger partial charge in [-0.2, -0.15) is 0 Å². The van der Waals surface area contributed by atoms with Crippen molar-refractivity contribution in [3.63, 3.8) is 0 Å². The smallest absolute Gasteiger partial charge is 0.261 e. The van der Waals surface area contributed by atoms with Crippen LogP contribution in [0.5, 0.6) is 11.5 Å². The van der Waals surface area contributed by atoms with Crippen molar-refractivity contribution in [3.8, 4) is 32.6 Å². The largest absolute Gasteiger partial charge is 0.504 e. The minimum Gasteiger partial charge on any atom is -0.504 e. The summed E-state index contributed by atoms with van der Waals surface area (Å²) < 4.78 is 9.32. The van der Waals surface area contributed by atoms with Gasteiger partial charge in [0.25, 0.3) is 18.2 Å². The highest BCUT2D eigenvalue weighted by Gasteiger charge is 2.50. The molecule has 5 heterocycles. The molecule has 0 radical (unpaired) electrons. The van der Waals surface area contributed by atoms with Gasteiger partial charge in [0.1, 0.15) is 46.3 Å². The number of benzene rings is 4. The predicted molar refractivity (Wildman–Crippen MR) is 329 cm³/mol. The van der Waals surface area contributed by atoms with Crippen LogP contribution in [0.4, 0.5) is 5.69 Å². The number of amides is 7. The Morgan fingerprint density at radius 1 is 0.772 bits per heavy atom. The molecule has 9 rings (SSSR count). The maximum atomic E-state index is 14.7. The molecular formula is C61H71N11O18S2. The van der Waals surface area contributed by atoms with E-state index in [4.69, 9.17) is 16.0 Å². The van der Waals surface area contributed by atoms with Gasteiger partial charge in [0.2, 0.25) is 42.0 Å². The van der Waals surface area contributed by atoms with E-state index in [9.17, 15) is 69.3 Å². The normalized spacial score (nSPS) is 25.8. The van der Waals surface area contributed by atoms with E-state index in [1.165, 1.54) is 42.0 Å². The van der Waals surface area contributed by atoms with Crippen molar-refractivity contribution in [2.45, 2.75) is 125 Å². The maximum Gasteiger partial charge on any atom is 0.261 e. The molecule has 0 aliphatic carbocycles. The molecule has 13 N–H and O–H groups in total. The summed E-state index contributed by atoms with van der Waals surface area (Å²) in [7, 11) is 0. The lowest BCUT2D eigenvalue weighted by Gasteiger charge is -2.34. The van der Waals surface area contributed by atoms with Crippen LogP contribution in [-0.4, -0.2) is 214 Å². The molecule has 0 saturated carbocycles. The first-order valence-electron chi connectivity index (χ1n) is 29.6. The number of hydrogen-bond acceptors (Lipinski definition) is 23. The van der Waals surface area contributed by atoms with Crippen molar-refractivity contribution in [1.29, 1.82) is 0 Å². The molecule has 29 nitrogen and oxygen atoms in total. The fourth-order valence-corrected chi connectivity index (χ4v) is 12.9. The summed E-state index contributed by atoms with van der Waals surface area (Å²) >= 11 is 1.40. The Kier molecular flexibility index (Phi) is 22.8. The lowest BCUT2D eigenvalue weighted by molar-refractivity contribution is -0.433. The summed E-state index contributed by atoms with van der Waals surface area (Å²) in [5.41, 5.74) is 4.06. The molecule has 31 heteroatoms. The standard InChI is InChI=1S/C61H71N11O18S2/c1-31-29-72-51(52(31)79)57(84)63-27-40(74)25-42(64-53(80)36-10-12-37(13-11-36)58-68-69-59(91-58)38-14-16-39(17-15-38)70-21-19-35(20-22-70)34-7-5-4-6-8-34)54(81)65-48(32(2)73)60(85)71-30-41(75)26-43(71)55(82)66-49(56(83)67-50(61(72)86)46(78)28-62-3)45(77)23-33-9-18-44(76)47(24-33)88-92-90-89-87/h4-18,24,31-32,35,40-43,45-46,48-52,73-79,87H,19-23,25-30H2,1-2H3,(H,63,84)(H,64,80)(H,65,81)(H,66,82)(H,67,83)/t31-,32+,40+,41+,42+,43+,45-,46-,48+,49+,50+,51+,52+/m1/s1. The molecule has 0 spiro atoms. The van der Waals surface area contributed by atoms with Crippen LogP contribution in [0.2, 0.25) is 0 Å². The molecule has 1 aromatic heterocycles. The zero-order valence-electron chi connectivity index (χ0n) is 49.8. The first-order chi connectivity index (χ1) is 44.1. The highest BCUT2D eigenvalue weighted by Crippen LogP contribution is 2.35. The average Bonchev–Trinajstić information content (AvgIpc) is 1.72. The van der Waals surface area contributed by atoms with E-state index in [0.717, 1.165) is 66.0 Å². The monoisotopic (exact) mass is 1310 g/mol. The van der Waals surface area contributed by atoms with Gasteiger partial charge in [-0.15, -0.1) is 10.2 Å². The van der Waals surface area contributed by atoms with Gasteiger partial charge in [-0.1, -0.05) is 76.2 Å². The minimum absolute atomic E-state index is 0.0222. The molecule has 5 aromatic rings. The Morgan fingerprint density at radius 2 is 1.41 bits per heavy atom. The Hall–Kier alpha value is -8.39. The summed E-state index contributed by atoms with van der Waals surface area (Å²) in [6.07, 6.45) is -10.2. The Morgan fingerprint density at radius 3 is 2.07 bits per heavy atom. The molecule has 490 valence electrons. The number of nitrogens with zero attached hydrogens (tertiary/aromatic N) is 6. The number of hydrogen-bond donors (Lipinski definition) is 13. The van der Waals surface area contributed by atoms with Crippen LogP contribution < -0.4 is 35.7 Å². The van der Waals surface area contributed by atoms with Gasteiger partial charge in [-0.3, -0.25) is 33.6 Å². The minimum atomic E-state index is -2.15. The number of anilines is 1. The first kappa shape index (κ1) is 68.0. The average molecular weight is 1310 g/mol. The fraction of sp³-hybridized carbons (Fsp3) is 0.443. The Labute approximate surface area is 535 Å². The molecule has 13 atom stereocenters. The molecule has 7 amide bonds.